The Kier molecular flexibility index (Phi) is 7.14. The first-order valence-corrected chi connectivity index (χ1v) is 13.5. The van der Waals surface area contributed by atoms with Gasteiger partial charge >= 0.3 is 5.97 Å². The summed E-state index contributed by atoms with van der Waals surface area (Å²) in [6, 6.07) is 11.7. The molecule has 202 valence electrons. The van der Waals surface area contributed by atoms with Crippen molar-refractivity contribution in [3.8, 4) is 11.5 Å². The fraction of sp³-hybridized carbons (Fsp3) is 0.310. The van der Waals surface area contributed by atoms with Crippen molar-refractivity contribution in [1.82, 2.24) is 4.57 Å². The largest absolute Gasteiger partial charge is 0.497 e. The Morgan fingerprint density at radius 1 is 1.08 bits per heavy atom. The molecule has 0 bridgehead atoms. The Morgan fingerprint density at radius 2 is 1.85 bits per heavy atom. The van der Waals surface area contributed by atoms with E-state index in [1.807, 2.05) is 31.2 Å². The number of para-hydroxylation sites is 1. The molecule has 0 N–H and O–H groups in total. The van der Waals surface area contributed by atoms with Crippen LogP contribution < -0.4 is 29.3 Å². The summed E-state index contributed by atoms with van der Waals surface area (Å²) in [6.45, 7) is 3.89. The first-order valence-electron chi connectivity index (χ1n) is 12.7. The molecule has 0 fully saturated rings. The zero-order valence-corrected chi connectivity index (χ0v) is 23.3. The van der Waals surface area contributed by atoms with Crippen molar-refractivity contribution in [3.63, 3.8) is 0 Å². The van der Waals surface area contributed by atoms with Gasteiger partial charge in [0, 0.05) is 18.2 Å². The number of rotatable bonds is 7. The van der Waals surface area contributed by atoms with Crippen LogP contribution >= 0.6 is 11.3 Å². The quantitative estimate of drug-likeness (QED) is 0.422. The molecule has 2 aliphatic heterocycles. The number of methoxy groups -OCH3 is 2. The molecule has 39 heavy (non-hydrogen) atoms. The minimum Gasteiger partial charge on any atom is -0.497 e. The van der Waals surface area contributed by atoms with E-state index >= 15 is 0 Å². The van der Waals surface area contributed by atoms with Gasteiger partial charge < -0.3 is 19.1 Å². The number of carbonyl (C=O) groups is 2. The van der Waals surface area contributed by atoms with E-state index < -0.39 is 17.6 Å². The lowest BCUT2D eigenvalue weighted by Crippen LogP contribution is -2.41. The van der Waals surface area contributed by atoms with Crippen molar-refractivity contribution in [1.29, 1.82) is 0 Å². The van der Waals surface area contributed by atoms with Gasteiger partial charge in [-0.15, -0.1) is 0 Å². The summed E-state index contributed by atoms with van der Waals surface area (Å²) >= 11 is 1.15. The third-order valence-electron chi connectivity index (χ3n) is 6.88. The van der Waals surface area contributed by atoms with Crippen LogP contribution in [-0.2, 0) is 14.3 Å². The number of carbonyl (C=O) groups excluding carboxylic acids is 2. The SMILES string of the molecule is CCCC1=C(C(=O)OCC)[C@@H](c2cc(OC)ccc2OC)n2c(s/c(=C3/C(=O)N(C)c4ccccc43)c2=O)=N1. The number of benzene rings is 2. The fourth-order valence-electron chi connectivity index (χ4n) is 5.11. The van der Waals surface area contributed by atoms with E-state index in [1.54, 1.807) is 39.3 Å². The molecule has 0 aliphatic carbocycles. The molecule has 0 unspecified atom stereocenters. The highest BCUT2D eigenvalue weighted by Crippen LogP contribution is 2.39. The molecule has 10 heteroatoms. The normalized spacial score (nSPS) is 17.5. The highest BCUT2D eigenvalue weighted by molar-refractivity contribution is 7.07. The van der Waals surface area contributed by atoms with Gasteiger partial charge in [-0.2, -0.15) is 0 Å². The summed E-state index contributed by atoms with van der Waals surface area (Å²) in [7, 11) is 4.76. The van der Waals surface area contributed by atoms with E-state index in [-0.39, 0.29) is 22.6 Å². The monoisotopic (exact) mass is 547 g/mol. The van der Waals surface area contributed by atoms with Crippen LogP contribution in [0.3, 0.4) is 0 Å². The number of hydrogen-bond acceptors (Lipinski definition) is 8. The summed E-state index contributed by atoms with van der Waals surface area (Å²) in [5, 5.41) is 0. The van der Waals surface area contributed by atoms with Crippen LogP contribution in [0.5, 0.6) is 11.5 Å². The average molecular weight is 548 g/mol. The highest BCUT2D eigenvalue weighted by Gasteiger charge is 2.38. The lowest BCUT2D eigenvalue weighted by atomic mass is 9.93. The number of esters is 1. The summed E-state index contributed by atoms with van der Waals surface area (Å²) in [5.74, 6) is 0.185. The molecule has 2 aromatic carbocycles. The molecular weight excluding hydrogens is 518 g/mol. The lowest BCUT2D eigenvalue weighted by molar-refractivity contribution is -0.139. The van der Waals surface area contributed by atoms with Crippen LogP contribution in [0.2, 0.25) is 0 Å². The number of ether oxygens (including phenoxy) is 3. The van der Waals surface area contributed by atoms with E-state index in [2.05, 4.69) is 0 Å². The third kappa shape index (κ3) is 4.24. The maximum atomic E-state index is 14.3. The van der Waals surface area contributed by atoms with Crippen molar-refractivity contribution in [2.24, 2.45) is 4.99 Å². The van der Waals surface area contributed by atoms with Gasteiger partial charge in [0.2, 0.25) is 0 Å². The number of amides is 1. The Balaban J connectivity index is 1.90. The summed E-state index contributed by atoms with van der Waals surface area (Å²) in [4.78, 5) is 47.9. The Morgan fingerprint density at radius 3 is 2.54 bits per heavy atom. The number of hydrogen-bond donors (Lipinski definition) is 0. The van der Waals surface area contributed by atoms with Gasteiger partial charge in [0.1, 0.15) is 22.1 Å². The predicted molar refractivity (Wildman–Crippen MR) is 148 cm³/mol. The van der Waals surface area contributed by atoms with E-state index in [0.717, 1.165) is 23.4 Å². The van der Waals surface area contributed by atoms with Crippen molar-refractivity contribution in [3.05, 3.63) is 84.5 Å². The molecule has 2 aliphatic rings. The standard InChI is InChI=1S/C29H29N3O6S/c1-6-10-19-23(28(35)38-7-2)24(18-15-16(36-4)13-14-21(18)37-5)32-27(34)25(39-29(32)30-19)22-17-11-8-9-12-20(17)31(3)26(22)33/h8-9,11-15,24H,6-7,10H2,1-5H3/b25-22+/t24-/m1/s1. The van der Waals surface area contributed by atoms with Gasteiger partial charge in [0.15, 0.2) is 4.80 Å². The molecule has 1 atom stereocenters. The molecule has 1 aromatic heterocycles. The number of thiazole rings is 1. The molecule has 9 nitrogen and oxygen atoms in total. The summed E-state index contributed by atoms with van der Waals surface area (Å²) < 4.78 is 18.4. The molecule has 0 radical (unpaired) electrons. The Bertz CT molecular complexity index is 1700. The van der Waals surface area contributed by atoms with Crippen LogP contribution in [0.25, 0.3) is 5.57 Å². The second-order valence-electron chi connectivity index (χ2n) is 9.10. The first kappa shape index (κ1) is 26.4. The molecule has 5 rings (SSSR count). The average Bonchev–Trinajstić information content (AvgIpc) is 3.39. The molecule has 0 saturated carbocycles. The number of allylic oxidation sites excluding steroid dienone is 1. The maximum absolute atomic E-state index is 14.3. The van der Waals surface area contributed by atoms with Crippen LogP contribution in [0, 0.1) is 0 Å². The topological polar surface area (TPSA) is 99.4 Å². The number of anilines is 1. The summed E-state index contributed by atoms with van der Waals surface area (Å²) in [5.41, 5.74) is 2.68. The van der Waals surface area contributed by atoms with Crippen LogP contribution in [0.4, 0.5) is 5.69 Å². The Labute approximate surface area is 229 Å². The van der Waals surface area contributed by atoms with E-state index in [0.29, 0.717) is 45.1 Å². The van der Waals surface area contributed by atoms with Crippen LogP contribution in [0.15, 0.2) is 63.5 Å². The van der Waals surface area contributed by atoms with Crippen LogP contribution in [-0.4, -0.2) is 44.3 Å². The predicted octanol–water partition coefficient (Wildman–Crippen LogP) is 2.94. The van der Waals surface area contributed by atoms with Gasteiger partial charge in [-0.1, -0.05) is 42.9 Å². The van der Waals surface area contributed by atoms with Gasteiger partial charge in [-0.05, 0) is 37.6 Å². The van der Waals surface area contributed by atoms with Crippen molar-refractivity contribution in [2.45, 2.75) is 32.7 Å². The second kappa shape index (κ2) is 10.5. The van der Waals surface area contributed by atoms with E-state index in [4.69, 9.17) is 19.2 Å². The number of likely N-dealkylation sites (N-methyl/N-ethyl adjacent to an activating group) is 1. The summed E-state index contributed by atoms with van der Waals surface area (Å²) in [6.07, 6.45) is 1.22. The van der Waals surface area contributed by atoms with E-state index in [1.165, 1.54) is 16.6 Å². The highest BCUT2D eigenvalue weighted by atomic mass is 32.1. The zero-order valence-electron chi connectivity index (χ0n) is 22.4. The fourth-order valence-corrected chi connectivity index (χ4v) is 6.22. The molecule has 0 saturated heterocycles. The van der Waals surface area contributed by atoms with Gasteiger partial charge in [-0.3, -0.25) is 14.2 Å². The van der Waals surface area contributed by atoms with Crippen molar-refractivity contribution >= 4 is 34.5 Å². The van der Waals surface area contributed by atoms with Crippen molar-refractivity contribution < 1.29 is 23.8 Å². The smallest absolute Gasteiger partial charge is 0.338 e. The molecule has 3 heterocycles. The van der Waals surface area contributed by atoms with Crippen LogP contribution in [0.1, 0.15) is 43.9 Å². The number of fused-ring (bicyclic) bond motifs is 2. The van der Waals surface area contributed by atoms with E-state index in [9.17, 15) is 14.4 Å². The molecule has 1 amide bonds. The maximum Gasteiger partial charge on any atom is 0.338 e. The first-order chi connectivity index (χ1) is 18.9. The Hall–Kier alpha value is -4.18. The van der Waals surface area contributed by atoms with Crippen molar-refractivity contribution in [2.75, 3.05) is 32.8 Å². The number of nitrogens with zero attached hydrogens (tertiary/aromatic N) is 3. The van der Waals surface area contributed by atoms with Gasteiger partial charge in [-0.25, -0.2) is 9.79 Å². The number of aromatic nitrogens is 1. The molecular formula is C29H29N3O6S. The molecule has 3 aromatic rings. The minimum absolute atomic E-state index is 0.163. The molecule has 0 spiro atoms. The third-order valence-corrected chi connectivity index (χ3v) is 7.93. The second-order valence-corrected chi connectivity index (χ2v) is 10.1. The van der Waals surface area contributed by atoms with Gasteiger partial charge in [0.25, 0.3) is 11.5 Å². The minimum atomic E-state index is -0.897. The zero-order chi connectivity index (χ0) is 27.8. The van der Waals surface area contributed by atoms with Gasteiger partial charge in [0.05, 0.1) is 43.4 Å². The lowest BCUT2D eigenvalue weighted by Gasteiger charge is -2.27.